The Morgan fingerprint density at radius 3 is 2.81 bits per heavy atom. The van der Waals surface area contributed by atoms with E-state index in [-0.39, 0.29) is 22.0 Å². The van der Waals surface area contributed by atoms with Crippen LogP contribution in [0.25, 0.3) is 0 Å². The quantitative estimate of drug-likeness (QED) is 0.846. The second kappa shape index (κ2) is 6.27. The average molecular weight is 305 g/mol. The molecular formula is C14H12FN3O2S. The first-order chi connectivity index (χ1) is 10.0. The van der Waals surface area contributed by atoms with Gasteiger partial charge in [-0.15, -0.1) is 0 Å². The van der Waals surface area contributed by atoms with Crippen LogP contribution in [0.4, 0.5) is 10.1 Å². The van der Waals surface area contributed by atoms with Gasteiger partial charge in [0.15, 0.2) is 0 Å². The number of nitrogens with two attached hydrogens (primary N) is 1. The zero-order chi connectivity index (χ0) is 15.4. The van der Waals surface area contributed by atoms with Crippen LogP contribution in [0.1, 0.15) is 15.9 Å². The Morgan fingerprint density at radius 2 is 2.14 bits per heavy atom. The maximum Gasteiger partial charge on any atom is 0.261 e. The summed E-state index contributed by atoms with van der Waals surface area (Å²) < 4.78 is 18.2. The van der Waals surface area contributed by atoms with Crippen molar-refractivity contribution in [2.24, 2.45) is 5.73 Å². The minimum atomic E-state index is -0.491. The number of ether oxygens (including phenoxy) is 1. The lowest BCUT2D eigenvalue weighted by Crippen LogP contribution is -2.18. The summed E-state index contributed by atoms with van der Waals surface area (Å²) >= 11 is 4.85. The van der Waals surface area contributed by atoms with Crippen molar-refractivity contribution in [3.63, 3.8) is 0 Å². The van der Waals surface area contributed by atoms with E-state index in [0.29, 0.717) is 5.69 Å². The van der Waals surface area contributed by atoms with Crippen LogP contribution >= 0.6 is 12.2 Å². The lowest BCUT2D eigenvalue weighted by atomic mass is 10.1. The molecule has 5 nitrogen and oxygen atoms in total. The van der Waals surface area contributed by atoms with E-state index >= 15 is 0 Å². The minimum Gasteiger partial charge on any atom is -0.480 e. The van der Waals surface area contributed by atoms with E-state index in [9.17, 15) is 9.18 Å². The summed E-state index contributed by atoms with van der Waals surface area (Å²) in [6.45, 7) is 0. The highest BCUT2D eigenvalue weighted by atomic mass is 32.1. The summed E-state index contributed by atoms with van der Waals surface area (Å²) in [4.78, 5) is 16.2. The van der Waals surface area contributed by atoms with Gasteiger partial charge in [0.05, 0.1) is 12.8 Å². The number of hydrogen-bond donors (Lipinski definition) is 2. The number of benzene rings is 1. The normalized spacial score (nSPS) is 10.0. The Bertz CT molecular complexity index is 706. The molecule has 1 aromatic heterocycles. The monoisotopic (exact) mass is 305 g/mol. The Hall–Kier alpha value is -2.54. The Kier molecular flexibility index (Phi) is 4.44. The molecule has 0 saturated carbocycles. The molecule has 3 N–H and O–H groups in total. The summed E-state index contributed by atoms with van der Waals surface area (Å²) in [7, 11) is 1.41. The predicted molar refractivity (Wildman–Crippen MR) is 81.0 cm³/mol. The van der Waals surface area contributed by atoms with E-state index in [1.54, 1.807) is 12.1 Å². The van der Waals surface area contributed by atoms with Crippen molar-refractivity contribution in [1.82, 2.24) is 4.98 Å². The van der Waals surface area contributed by atoms with Crippen molar-refractivity contribution < 1.29 is 13.9 Å². The first-order valence-corrected chi connectivity index (χ1v) is 6.33. The number of anilines is 1. The molecule has 1 aromatic carbocycles. The van der Waals surface area contributed by atoms with Gasteiger partial charge in [-0.05, 0) is 30.3 Å². The molecule has 0 spiro atoms. The molecule has 0 unspecified atom stereocenters. The molecule has 0 saturated heterocycles. The van der Waals surface area contributed by atoms with Gasteiger partial charge in [-0.1, -0.05) is 12.2 Å². The standard InChI is InChI=1S/C14H12FN3O2S/c1-20-14-9(3-2-6-17-14)13(19)18-11-5-4-8(15)7-10(11)12(16)21/h2-7H,1H3,(H2,16,21)(H,18,19). The van der Waals surface area contributed by atoms with Crippen molar-refractivity contribution in [2.75, 3.05) is 12.4 Å². The van der Waals surface area contributed by atoms with Crippen molar-refractivity contribution in [2.45, 2.75) is 0 Å². The summed E-state index contributed by atoms with van der Waals surface area (Å²) in [5.74, 6) is -0.757. The number of carbonyl (C=O) groups excluding carboxylic acids is 1. The van der Waals surface area contributed by atoms with Crippen LogP contribution in [0.3, 0.4) is 0 Å². The number of hydrogen-bond acceptors (Lipinski definition) is 4. The molecule has 1 heterocycles. The van der Waals surface area contributed by atoms with Gasteiger partial charge in [-0.25, -0.2) is 9.37 Å². The van der Waals surface area contributed by atoms with Gasteiger partial charge in [0, 0.05) is 11.8 Å². The highest BCUT2D eigenvalue weighted by Gasteiger charge is 2.15. The fourth-order valence-electron chi connectivity index (χ4n) is 1.75. The molecule has 21 heavy (non-hydrogen) atoms. The van der Waals surface area contributed by atoms with Gasteiger partial charge in [0.1, 0.15) is 16.4 Å². The third-order valence-corrected chi connectivity index (χ3v) is 2.92. The molecule has 0 aliphatic heterocycles. The van der Waals surface area contributed by atoms with Crippen molar-refractivity contribution >= 4 is 28.8 Å². The fourth-order valence-corrected chi connectivity index (χ4v) is 1.91. The highest BCUT2D eigenvalue weighted by molar-refractivity contribution is 7.80. The zero-order valence-corrected chi connectivity index (χ0v) is 11.9. The van der Waals surface area contributed by atoms with Gasteiger partial charge in [0.25, 0.3) is 5.91 Å². The number of nitrogens with zero attached hydrogens (tertiary/aromatic N) is 1. The number of carbonyl (C=O) groups is 1. The van der Waals surface area contributed by atoms with Gasteiger partial charge in [-0.2, -0.15) is 0 Å². The molecule has 0 aliphatic carbocycles. The SMILES string of the molecule is COc1ncccc1C(=O)Nc1ccc(F)cc1C(N)=S. The van der Waals surface area contributed by atoms with Gasteiger partial charge < -0.3 is 15.8 Å². The third kappa shape index (κ3) is 3.32. The Balaban J connectivity index is 2.34. The van der Waals surface area contributed by atoms with Crippen molar-refractivity contribution in [3.05, 3.63) is 53.5 Å². The molecule has 1 amide bonds. The predicted octanol–water partition coefficient (Wildman–Crippen LogP) is 2.12. The van der Waals surface area contributed by atoms with Crippen molar-refractivity contribution in [3.8, 4) is 5.88 Å². The van der Waals surface area contributed by atoms with Gasteiger partial charge >= 0.3 is 0 Å². The molecule has 108 valence electrons. The molecule has 0 aliphatic rings. The van der Waals surface area contributed by atoms with E-state index in [1.165, 1.54) is 31.5 Å². The van der Waals surface area contributed by atoms with Crippen LogP contribution in [-0.4, -0.2) is 23.0 Å². The fraction of sp³-hybridized carbons (Fsp3) is 0.0714. The maximum absolute atomic E-state index is 13.2. The number of thiocarbonyl (C=S) groups is 1. The summed E-state index contributed by atoms with van der Waals surface area (Å²) in [5.41, 5.74) is 6.35. The largest absolute Gasteiger partial charge is 0.480 e. The third-order valence-electron chi connectivity index (χ3n) is 2.70. The smallest absolute Gasteiger partial charge is 0.261 e. The van der Waals surface area contributed by atoms with E-state index in [4.69, 9.17) is 22.7 Å². The average Bonchev–Trinajstić information content (AvgIpc) is 2.48. The molecule has 0 bridgehead atoms. The number of methoxy groups -OCH3 is 1. The lowest BCUT2D eigenvalue weighted by molar-refractivity contribution is 0.102. The van der Waals surface area contributed by atoms with E-state index in [0.717, 1.165) is 0 Å². The highest BCUT2D eigenvalue weighted by Crippen LogP contribution is 2.20. The van der Waals surface area contributed by atoms with Crippen LogP contribution in [0, 0.1) is 5.82 Å². The van der Waals surface area contributed by atoms with Crippen LogP contribution in [0.15, 0.2) is 36.5 Å². The molecule has 2 aromatic rings. The molecule has 2 rings (SSSR count). The molecule has 7 heteroatoms. The Morgan fingerprint density at radius 1 is 1.38 bits per heavy atom. The summed E-state index contributed by atoms with van der Waals surface area (Å²) in [6, 6.07) is 6.93. The number of pyridine rings is 1. The molecule has 0 atom stereocenters. The second-order valence-corrected chi connectivity index (χ2v) is 4.51. The van der Waals surface area contributed by atoms with Crippen LogP contribution in [-0.2, 0) is 0 Å². The number of halogens is 1. The molecule has 0 fully saturated rings. The summed E-state index contributed by atoms with van der Waals surface area (Å²) in [6.07, 6.45) is 1.51. The van der Waals surface area contributed by atoms with Crippen LogP contribution < -0.4 is 15.8 Å². The summed E-state index contributed by atoms with van der Waals surface area (Å²) in [5, 5.41) is 2.62. The van der Waals surface area contributed by atoms with Crippen LogP contribution in [0.5, 0.6) is 5.88 Å². The zero-order valence-electron chi connectivity index (χ0n) is 11.1. The number of aromatic nitrogens is 1. The topological polar surface area (TPSA) is 77.2 Å². The van der Waals surface area contributed by atoms with Gasteiger partial charge in [0.2, 0.25) is 5.88 Å². The van der Waals surface area contributed by atoms with Gasteiger partial charge in [-0.3, -0.25) is 4.79 Å². The lowest BCUT2D eigenvalue weighted by Gasteiger charge is -2.11. The minimum absolute atomic E-state index is 0.0112. The number of nitrogens with one attached hydrogen (secondary N) is 1. The van der Waals surface area contributed by atoms with E-state index in [2.05, 4.69) is 10.3 Å². The second-order valence-electron chi connectivity index (χ2n) is 4.07. The molecular weight excluding hydrogens is 293 g/mol. The maximum atomic E-state index is 13.2. The number of rotatable bonds is 4. The van der Waals surface area contributed by atoms with Crippen LogP contribution in [0.2, 0.25) is 0 Å². The molecule has 0 radical (unpaired) electrons. The van der Waals surface area contributed by atoms with Crippen molar-refractivity contribution in [1.29, 1.82) is 0 Å². The first-order valence-electron chi connectivity index (χ1n) is 5.92. The first kappa shape index (κ1) is 14.9. The Labute approximate surface area is 125 Å². The number of amides is 1. The van der Waals surface area contributed by atoms with E-state index in [1.807, 2.05) is 0 Å². The van der Waals surface area contributed by atoms with E-state index < -0.39 is 11.7 Å².